The van der Waals surface area contributed by atoms with Gasteiger partial charge in [-0.3, -0.25) is 4.79 Å². The highest BCUT2D eigenvalue weighted by Crippen LogP contribution is 2.32. The van der Waals surface area contributed by atoms with E-state index in [0.29, 0.717) is 5.78 Å². The molecule has 3 rings (SSSR count). The molecule has 0 unspecified atom stereocenters. The first-order valence-corrected chi connectivity index (χ1v) is 7.67. The van der Waals surface area contributed by atoms with Crippen LogP contribution in [0.15, 0.2) is 60.7 Å². The van der Waals surface area contributed by atoms with Crippen molar-refractivity contribution in [3.05, 3.63) is 71.8 Å². The highest BCUT2D eigenvalue weighted by molar-refractivity contribution is 5.84. The van der Waals surface area contributed by atoms with E-state index in [-0.39, 0.29) is 23.9 Å². The van der Waals surface area contributed by atoms with Crippen LogP contribution in [0.2, 0.25) is 0 Å². The lowest BCUT2D eigenvalue weighted by Gasteiger charge is -2.36. The van der Waals surface area contributed by atoms with E-state index in [9.17, 15) is 4.79 Å². The van der Waals surface area contributed by atoms with Crippen molar-refractivity contribution in [2.24, 2.45) is 11.8 Å². The van der Waals surface area contributed by atoms with Gasteiger partial charge in [0, 0.05) is 11.1 Å². The number of hydrogen-bond donors (Lipinski definition) is 1. The second-order valence-corrected chi connectivity index (χ2v) is 6.05. The summed E-state index contributed by atoms with van der Waals surface area (Å²) in [6.07, 6.45) is 0. The zero-order valence-electron chi connectivity index (χ0n) is 12.6. The van der Waals surface area contributed by atoms with Crippen molar-refractivity contribution in [1.29, 1.82) is 0 Å². The first kappa shape index (κ1) is 14.0. The van der Waals surface area contributed by atoms with Crippen molar-refractivity contribution in [3.8, 4) is 0 Å². The van der Waals surface area contributed by atoms with Gasteiger partial charge in [0.1, 0.15) is 12.1 Å². The zero-order chi connectivity index (χ0) is 14.8. The Morgan fingerprint density at radius 2 is 1.10 bits per heavy atom. The van der Waals surface area contributed by atoms with Gasteiger partial charge in [0.15, 0.2) is 5.78 Å². The van der Waals surface area contributed by atoms with Crippen molar-refractivity contribution in [3.63, 3.8) is 0 Å². The molecule has 0 spiro atoms. The fourth-order valence-corrected chi connectivity index (χ4v) is 3.48. The van der Waals surface area contributed by atoms with Crippen molar-refractivity contribution >= 4 is 5.78 Å². The Labute approximate surface area is 126 Å². The SMILES string of the molecule is C[C@@H]1C(=O)[C@@H](C)[C@H](c2ccccc2)[NH2+][C@@H]1c1ccccc1. The maximum Gasteiger partial charge on any atom is 0.151 e. The van der Waals surface area contributed by atoms with Crippen molar-refractivity contribution in [1.82, 2.24) is 0 Å². The van der Waals surface area contributed by atoms with Gasteiger partial charge in [-0.25, -0.2) is 0 Å². The first-order chi connectivity index (χ1) is 10.2. The maximum atomic E-state index is 12.7. The average molecular weight is 280 g/mol. The Morgan fingerprint density at radius 3 is 1.48 bits per heavy atom. The topological polar surface area (TPSA) is 33.7 Å². The molecule has 1 fully saturated rings. The predicted octanol–water partition coefficient (Wildman–Crippen LogP) is 2.89. The Hall–Kier alpha value is -1.93. The van der Waals surface area contributed by atoms with Crippen LogP contribution in [0.1, 0.15) is 37.1 Å². The lowest BCUT2D eigenvalue weighted by Crippen LogP contribution is -2.91. The summed E-state index contributed by atoms with van der Waals surface area (Å²) in [7, 11) is 0. The van der Waals surface area contributed by atoms with Crippen LogP contribution in [0.3, 0.4) is 0 Å². The molecule has 2 heteroatoms. The van der Waals surface area contributed by atoms with Crippen molar-refractivity contribution in [2.75, 3.05) is 0 Å². The van der Waals surface area contributed by atoms with Gasteiger partial charge in [-0.15, -0.1) is 0 Å². The molecule has 0 amide bonds. The Kier molecular flexibility index (Phi) is 3.89. The maximum absolute atomic E-state index is 12.7. The average Bonchev–Trinajstić information content (AvgIpc) is 2.55. The van der Waals surface area contributed by atoms with Gasteiger partial charge < -0.3 is 5.32 Å². The van der Waals surface area contributed by atoms with E-state index in [4.69, 9.17) is 0 Å². The molecule has 21 heavy (non-hydrogen) atoms. The minimum absolute atomic E-state index is 0.0577. The summed E-state index contributed by atoms with van der Waals surface area (Å²) in [6.45, 7) is 4.13. The monoisotopic (exact) mass is 280 g/mol. The second kappa shape index (κ2) is 5.82. The van der Waals surface area contributed by atoms with Crippen LogP contribution in [-0.2, 0) is 4.79 Å². The summed E-state index contributed by atoms with van der Waals surface area (Å²) < 4.78 is 0. The molecule has 2 aromatic carbocycles. The van der Waals surface area contributed by atoms with Crippen LogP contribution in [0.4, 0.5) is 0 Å². The zero-order valence-corrected chi connectivity index (χ0v) is 12.6. The molecule has 2 aromatic rings. The number of Topliss-reactive ketones (excluding diaryl/α,β-unsaturated/α-hetero) is 1. The minimum atomic E-state index is 0.0577. The van der Waals surface area contributed by atoms with Crippen LogP contribution in [0.25, 0.3) is 0 Å². The van der Waals surface area contributed by atoms with Gasteiger partial charge in [0.2, 0.25) is 0 Å². The first-order valence-electron chi connectivity index (χ1n) is 7.67. The molecule has 1 aliphatic rings. The fraction of sp³-hybridized carbons (Fsp3) is 0.316. The van der Waals surface area contributed by atoms with Gasteiger partial charge in [-0.2, -0.15) is 0 Å². The van der Waals surface area contributed by atoms with E-state index in [1.54, 1.807) is 0 Å². The third-order valence-corrected chi connectivity index (χ3v) is 4.76. The van der Waals surface area contributed by atoms with E-state index in [1.165, 1.54) is 11.1 Å². The van der Waals surface area contributed by atoms with Crippen LogP contribution < -0.4 is 5.32 Å². The molecule has 0 aromatic heterocycles. The lowest BCUT2D eigenvalue weighted by molar-refractivity contribution is -0.748. The number of benzene rings is 2. The third-order valence-electron chi connectivity index (χ3n) is 4.76. The van der Waals surface area contributed by atoms with Crippen LogP contribution in [0, 0.1) is 11.8 Å². The van der Waals surface area contributed by atoms with Crippen molar-refractivity contribution < 1.29 is 10.1 Å². The molecule has 0 aliphatic carbocycles. The van der Waals surface area contributed by atoms with E-state index >= 15 is 0 Å². The number of quaternary nitrogens is 1. The molecular formula is C19H22NO+. The van der Waals surface area contributed by atoms with E-state index < -0.39 is 0 Å². The van der Waals surface area contributed by atoms with Gasteiger partial charge in [0.25, 0.3) is 0 Å². The summed E-state index contributed by atoms with van der Waals surface area (Å²) in [5.41, 5.74) is 2.48. The predicted molar refractivity (Wildman–Crippen MR) is 83.6 cm³/mol. The number of rotatable bonds is 2. The summed E-state index contributed by atoms with van der Waals surface area (Å²) in [4.78, 5) is 12.7. The normalized spacial score (nSPS) is 29.3. The highest BCUT2D eigenvalue weighted by atomic mass is 16.1. The van der Waals surface area contributed by atoms with Crippen LogP contribution >= 0.6 is 0 Å². The summed E-state index contributed by atoms with van der Waals surface area (Å²) >= 11 is 0. The Bertz CT molecular complexity index is 554. The molecule has 4 atom stereocenters. The number of nitrogens with two attached hydrogens (primary N) is 1. The fourth-order valence-electron chi connectivity index (χ4n) is 3.48. The minimum Gasteiger partial charge on any atom is -0.333 e. The van der Waals surface area contributed by atoms with Crippen LogP contribution in [-0.4, -0.2) is 5.78 Å². The van der Waals surface area contributed by atoms with Gasteiger partial charge >= 0.3 is 0 Å². The summed E-state index contributed by atoms with van der Waals surface area (Å²) in [5, 5.41) is 2.38. The molecule has 2 nitrogen and oxygen atoms in total. The number of ketones is 1. The number of hydrogen-bond acceptors (Lipinski definition) is 1. The number of carbonyl (C=O) groups excluding carboxylic acids is 1. The largest absolute Gasteiger partial charge is 0.333 e. The highest BCUT2D eigenvalue weighted by Gasteiger charge is 2.43. The molecule has 0 saturated carbocycles. The standard InChI is InChI=1S/C19H21NO/c1-13-17(15-9-5-3-6-10-15)20-18(14(2)19(13)21)16-11-7-4-8-12-16/h3-14,17-18,20H,1-2H3/p+1/t13-,14-,17-,18+/m0/s1. The summed E-state index contributed by atoms with van der Waals surface area (Å²) in [6, 6.07) is 21.2. The number of carbonyl (C=O) groups is 1. The summed E-state index contributed by atoms with van der Waals surface area (Å²) in [5.74, 6) is 0.491. The van der Waals surface area contributed by atoms with Gasteiger partial charge in [0.05, 0.1) is 11.8 Å². The second-order valence-electron chi connectivity index (χ2n) is 6.05. The molecule has 1 heterocycles. The molecule has 1 aliphatic heterocycles. The molecule has 0 radical (unpaired) electrons. The van der Waals surface area contributed by atoms with E-state index in [2.05, 4.69) is 67.7 Å². The molecule has 2 N–H and O–H groups in total. The van der Waals surface area contributed by atoms with Gasteiger partial charge in [-0.05, 0) is 13.8 Å². The quantitative estimate of drug-likeness (QED) is 0.901. The van der Waals surface area contributed by atoms with E-state index in [0.717, 1.165) is 0 Å². The van der Waals surface area contributed by atoms with E-state index in [1.807, 2.05) is 12.1 Å². The van der Waals surface area contributed by atoms with Crippen molar-refractivity contribution in [2.45, 2.75) is 25.9 Å². The lowest BCUT2D eigenvalue weighted by atomic mass is 9.76. The smallest absolute Gasteiger partial charge is 0.151 e. The number of piperidine rings is 1. The Morgan fingerprint density at radius 1 is 0.714 bits per heavy atom. The molecule has 1 saturated heterocycles. The molecular weight excluding hydrogens is 258 g/mol. The Balaban J connectivity index is 1.95. The molecule has 108 valence electrons. The van der Waals surface area contributed by atoms with Crippen LogP contribution in [0.5, 0.6) is 0 Å². The third kappa shape index (κ3) is 2.64. The van der Waals surface area contributed by atoms with Gasteiger partial charge in [-0.1, -0.05) is 60.7 Å². The molecule has 0 bridgehead atoms.